The maximum atomic E-state index is 14.7. The molecule has 2 fully saturated rings. The summed E-state index contributed by atoms with van der Waals surface area (Å²) in [4.78, 5) is 73.8. The second kappa shape index (κ2) is 24.4. The smallest absolute Gasteiger partial charge is 0.246 e. The van der Waals surface area contributed by atoms with E-state index in [0.717, 1.165) is 60.9 Å². The first-order chi connectivity index (χ1) is 35.2. The fourth-order valence-electron chi connectivity index (χ4n) is 11.2. The summed E-state index contributed by atoms with van der Waals surface area (Å²) in [5.41, 5.74) is 6.72. The molecule has 2 aliphatic heterocycles. The summed E-state index contributed by atoms with van der Waals surface area (Å²) >= 11 is 0. The van der Waals surface area contributed by atoms with Gasteiger partial charge in [0.15, 0.2) is 0 Å². The molecule has 3 aromatic rings. The van der Waals surface area contributed by atoms with Gasteiger partial charge in [0.2, 0.25) is 29.5 Å². The van der Waals surface area contributed by atoms with Crippen molar-refractivity contribution in [2.24, 2.45) is 10.8 Å². The molecule has 10 atom stereocenters. The Bertz CT molecular complexity index is 2300. The largest absolute Gasteiger partial charge is 0.360 e. The lowest BCUT2D eigenvalue weighted by Crippen LogP contribution is -2.59. The van der Waals surface area contributed by atoms with Gasteiger partial charge in [0, 0.05) is 44.0 Å². The van der Waals surface area contributed by atoms with E-state index < -0.39 is 41.7 Å². The zero-order valence-corrected chi connectivity index (χ0v) is 45.8. The first-order valence-corrected chi connectivity index (χ1v) is 27.2. The first-order valence-electron chi connectivity index (χ1n) is 27.2. The van der Waals surface area contributed by atoms with Crippen LogP contribution in [0, 0.1) is 10.8 Å². The lowest BCUT2D eigenvalue weighted by molar-refractivity contribution is -0.144. The van der Waals surface area contributed by atoms with E-state index in [0.29, 0.717) is 39.0 Å². The quantitative estimate of drug-likeness (QED) is 0.0767. The van der Waals surface area contributed by atoms with Gasteiger partial charge in [-0.15, -0.1) is 0 Å². The van der Waals surface area contributed by atoms with E-state index in [1.165, 1.54) is 16.7 Å². The van der Waals surface area contributed by atoms with Crippen LogP contribution >= 0.6 is 0 Å². The number of carbonyl (C=O) groups excluding carboxylic acids is 5. The minimum atomic E-state index is -0.842. The third-order valence-corrected chi connectivity index (χ3v) is 16.0. The molecule has 74 heavy (non-hydrogen) atoms. The van der Waals surface area contributed by atoms with Crippen LogP contribution in [0.4, 0.5) is 0 Å². The van der Waals surface area contributed by atoms with Crippen LogP contribution in [-0.4, -0.2) is 115 Å². The van der Waals surface area contributed by atoms with Crippen molar-refractivity contribution in [2.75, 3.05) is 27.2 Å². The van der Waals surface area contributed by atoms with Crippen molar-refractivity contribution in [1.29, 1.82) is 0 Å². The highest BCUT2D eigenvalue weighted by molar-refractivity contribution is 5.94. The number of nitrogens with one attached hydrogen (secondary N) is 8. The van der Waals surface area contributed by atoms with Gasteiger partial charge in [0.1, 0.15) is 18.1 Å². The Kier molecular flexibility index (Phi) is 18.5. The van der Waals surface area contributed by atoms with Crippen LogP contribution < -0.4 is 42.5 Å². The number of aryl methyl sites for hydroxylation is 2. The number of hydrogen-bond acceptors (Lipinski definition) is 10. The summed E-state index contributed by atoms with van der Waals surface area (Å²) < 4.78 is 0. The molecule has 0 aromatic heterocycles. The molecule has 0 saturated carbocycles. The number of hydrogen-bond donors (Lipinski definition) is 8. The summed E-state index contributed by atoms with van der Waals surface area (Å²) in [6.07, 6.45) is 6.69. The van der Waals surface area contributed by atoms with Crippen LogP contribution in [0.2, 0.25) is 0 Å². The molecule has 5 amide bonds. The van der Waals surface area contributed by atoms with Gasteiger partial charge in [0.05, 0.1) is 30.2 Å². The van der Waals surface area contributed by atoms with E-state index in [9.17, 15) is 24.0 Å². The third kappa shape index (κ3) is 13.6. The molecule has 8 N–H and O–H groups in total. The Morgan fingerprint density at radius 2 is 1.00 bits per heavy atom. The maximum absolute atomic E-state index is 14.7. The standard InChI is InChI=1S/C59H86N10O5/c1-36(60-10)53(70)66-51(58(4,5)6)38(3)68-34-43(30-49(68)55(72)64-47-24-16-20-41-18-12-14-22-45(41)47)62-32-39-26-28-40(29-27-39)33-63-44-31-50(56(73)65-48-25-17-21-42-19-13-15-23-46(42)48)69(35-44)57(74)52(59(7,8)9)67-54(71)37(2)61-11/h12-15,18-19,22-23,26-29,36-37,43-44,47-52,60-63H,3,16-17,20-21,24-25,30-35H2,1-2,4-11H3,(H,64,72)(H,65,73)(H,66,70)(H,67,71)/t36-,37-,43-,44-,47+,48+,49-,50-,51+,52+/m0/s1. The fraction of sp³-hybridized carbons (Fsp3) is 0.576. The lowest BCUT2D eigenvalue weighted by Gasteiger charge is -2.40. The molecule has 15 nitrogen and oxygen atoms in total. The van der Waals surface area contributed by atoms with E-state index in [-0.39, 0.29) is 59.1 Å². The van der Waals surface area contributed by atoms with E-state index in [1.807, 2.05) is 45.9 Å². The Morgan fingerprint density at radius 1 is 0.595 bits per heavy atom. The third-order valence-electron chi connectivity index (χ3n) is 16.0. The molecular weight excluding hydrogens is 929 g/mol. The van der Waals surface area contributed by atoms with Gasteiger partial charge in [-0.3, -0.25) is 24.0 Å². The van der Waals surface area contributed by atoms with E-state index in [1.54, 1.807) is 25.9 Å². The molecule has 0 radical (unpaired) electrons. The molecule has 0 unspecified atom stereocenters. The zero-order valence-electron chi connectivity index (χ0n) is 45.8. The van der Waals surface area contributed by atoms with Crippen LogP contribution in [0.3, 0.4) is 0 Å². The highest BCUT2D eigenvalue weighted by Gasteiger charge is 2.46. The second-order valence-electron chi connectivity index (χ2n) is 23.5. The molecular formula is C59H86N10O5. The maximum Gasteiger partial charge on any atom is 0.246 e. The van der Waals surface area contributed by atoms with Crippen molar-refractivity contribution >= 4 is 29.5 Å². The van der Waals surface area contributed by atoms with Crippen molar-refractivity contribution in [1.82, 2.24) is 52.3 Å². The summed E-state index contributed by atoms with van der Waals surface area (Å²) in [6, 6.07) is 21.3. The number of likely N-dealkylation sites (N-methyl/N-ethyl adjacent to an activating group) is 2. The Labute approximate surface area is 441 Å². The van der Waals surface area contributed by atoms with Crippen molar-refractivity contribution in [3.8, 4) is 0 Å². The van der Waals surface area contributed by atoms with E-state index in [2.05, 4.69) is 129 Å². The first kappa shape index (κ1) is 56.1. The van der Waals surface area contributed by atoms with Crippen molar-refractivity contribution in [2.45, 2.75) is 180 Å². The van der Waals surface area contributed by atoms with E-state index in [4.69, 9.17) is 0 Å². The molecule has 4 aliphatic rings. The highest BCUT2D eigenvalue weighted by atomic mass is 16.2. The molecule has 2 saturated heterocycles. The topological polar surface area (TPSA) is 188 Å². The average molecular weight is 1020 g/mol. The molecule has 0 spiro atoms. The van der Waals surface area contributed by atoms with Gasteiger partial charge >= 0.3 is 0 Å². The van der Waals surface area contributed by atoms with Crippen molar-refractivity contribution in [3.05, 3.63) is 118 Å². The van der Waals surface area contributed by atoms with Gasteiger partial charge in [-0.1, -0.05) is 121 Å². The molecule has 0 bridgehead atoms. The highest BCUT2D eigenvalue weighted by Crippen LogP contribution is 2.35. The summed E-state index contributed by atoms with van der Waals surface area (Å²) in [7, 11) is 3.47. The van der Waals surface area contributed by atoms with Crippen molar-refractivity contribution in [3.63, 3.8) is 0 Å². The molecule has 402 valence electrons. The normalized spacial score (nSPS) is 23.4. The number of amides is 5. The molecule has 2 heterocycles. The van der Waals surface area contributed by atoms with Crippen LogP contribution in [0.15, 0.2) is 85.1 Å². The summed E-state index contributed by atoms with van der Waals surface area (Å²) in [6.45, 7) is 22.2. The van der Waals surface area contributed by atoms with Gasteiger partial charge < -0.3 is 52.3 Å². The Hall–Kier alpha value is -5.61. The minimum absolute atomic E-state index is 0.0287. The molecule has 2 aliphatic carbocycles. The predicted octanol–water partition coefficient (Wildman–Crippen LogP) is 5.46. The second-order valence-corrected chi connectivity index (χ2v) is 23.5. The number of carbonyl (C=O) groups is 5. The van der Waals surface area contributed by atoms with Crippen molar-refractivity contribution < 1.29 is 24.0 Å². The summed E-state index contributed by atoms with van der Waals surface area (Å²) in [5, 5.41) is 26.4. The average Bonchev–Trinajstić information content (AvgIpc) is 4.03. The predicted molar refractivity (Wildman–Crippen MR) is 292 cm³/mol. The number of likely N-dealkylation sites (tertiary alicyclic amines) is 2. The molecule has 7 rings (SSSR count). The van der Waals surface area contributed by atoms with Crippen LogP contribution in [0.25, 0.3) is 0 Å². The minimum Gasteiger partial charge on any atom is -0.360 e. The zero-order chi connectivity index (χ0) is 53.5. The van der Waals surface area contributed by atoms with E-state index >= 15 is 0 Å². The van der Waals surface area contributed by atoms with Gasteiger partial charge in [-0.05, 0) is 124 Å². The Balaban J connectivity index is 1.02. The number of nitrogens with zero attached hydrogens (tertiary/aromatic N) is 2. The van der Waals surface area contributed by atoms with Crippen LogP contribution in [0.5, 0.6) is 0 Å². The molecule has 15 heteroatoms. The number of rotatable bonds is 19. The summed E-state index contributed by atoms with van der Waals surface area (Å²) in [5.74, 6) is -0.880. The number of benzene rings is 3. The van der Waals surface area contributed by atoms with Gasteiger partial charge in [-0.25, -0.2) is 0 Å². The molecule has 3 aromatic carbocycles. The number of fused-ring (bicyclic) bond motifs is 2. The fourth-order valence-corrected chi connectivity index (χ4v) is 11.2. The Morgan fingerprint density at radius 3 is 1.43 bits per heavy atom. The lowest BCUT2D eigenvalue weighted by atomic mass is 9.84. The van der Waals surface area contributed by atoms with Gasteiger partial charge in [-0.2, -0.15) is 0 Å². The SMILES string of the molecule is C=C([C@@H](NC(=O)[C@H](C)NC)C(C)(C)C)N1C[C@@H](NCc2ccc(CN[C@H]3C[C@@H](C(=O)N[C@@H]4CCCc5ccccc54)N(C(=O)[C@@H](NC(=O)[C@H](C)NC)C(C)(C)C)C3)cc2)C[C@H]1C(=O)N[C@@H]1CCCc2ccccc21. The van der Waals surface area contributed by atoms with Crippen LogP contribution in [0.1, 0.15) is 139 Å². The monoisotopic (exact) mass is 1010 g/mol. The van der Waals surface area contributed by atoms with Crippen LogP contribution in [-0.2, 0) is 49.9 Å². The van der Waals surface area contributed by atoms with Gasteiger partial charge in [0.25, 0.3) is 0 Å².